The number of hydrogen-bond acceptors (Lipinski definition) is 7. The highest BCUT2D eigenvalue weighted by atomic mass is 32.2. The van der Waals surface area contributed by atoms with Gasteiger partial charge in [-0.05, 0) is 89.1 Å². The first-order chi connectivity index (χ1) is 28.3. The van der Waals surface area contributed by atoms with E-state index < -0.39 is 18.1 Å². The molecule has 1 N–H and O–H groups in total. The number of carboxylic acids is 1. The summed E-state index contributed by atoms with van der Waals surface area (Å²) in [6.45, 7) is 2.18. The van der Waals surface area contributed by atoms with Crippen molar-refractivity contribution in [3.8, 4) is 0 Å². The summed E-state index contributed by atoms with van der Waals surface area (Å²) in [5.41, 5.74) is 8.72. The number of carboxylic acid groups (broad SMARTS) is 1. The lowest BCUT2D eigenvalue weighted by Gasteiger charge is -2.27. The second-order valence-corrected chi connectivity index (χ2v) is 18.0. The molecule has 3 aliphatic rings. The largest absolute Gasteiger partial charge is 0.480 e. The Labute approximate surface area is 353 Å². The molecule has 8 rings (SSSR count). The van der Waals surface area contributed by atoms with Crippen molar-refractivity contribution in [3.63, 3.8) is 0 Å². The zero-order chi connectivity index (χ0) is 40.2. The van der Waals surface area contributed by atoms with Crippen LogP contribution in [0.1, 0.15) is 98.4 Å². The lowest BCUT2D eigenvalue weighted by molar-refractivity contribution is -0.137. The summed E-state index contributed by atoms with van der Waals surface area (Å²) in [6.07, 6.45) is 14.0. The van der Waals surface area contributed by atoms with Gasteiger partial charge in [-0.2, -0.15) is 0 Å². The smallest absolute Gasteiger partial charge is 0.323 e. The van der Waals surface area contributed by atoms with Crippen molar-refractivity contribution in [1.82, 2.24) is 9.47 Å². The molecule has 1 saturated heterocycles. The molecule has 3 heterocycles. The average Bonchev–Trinajstić information content (AvgIpc) is 3.98. The molecule has 0 spiro atoms. The number of nitrogens with zero attached hydrogens (tertiary/aromatic N) is 3. The lowest BCUT2D eigenvalue weighted by atomic mass is 9.95. The predicted molar refractivity (Wildman–Crippen MR) is 243 cm³/mol. The summed E-state index contributed by atoms with van der Waals surface area (Å²) < 4.78 is 2.41. The van der Waals surface area contributed by atoms with E-state index in [1.165, 1.54) is 63.1 Å². The molecule has 1 aromatic heterocycles. The minimum Gasteiger partial charge on any atom is -0.480 e. The maximum atomic E-state index is 13.8. The molecule has 5 aromatic rings. The fourth-order valence-corrected chi connectivity index (χ4v) is 11.2. The fraction of sp³-hybridized carbons (Fsp3) is 0.292. The van der Waals surface area contributed by atoms with Crippen LogP contribution < -0.4 is 19.7 Å². The number of thiocarbonyl (C=S) groups is 1. The molecular formula is C48H47N3O4S3. The molecule has 2 atom stereocenters. The van der Waals surface area contributed by atoms with E-state index in [0.29, 0.717) is 36.9 Å². The van der Waals surface area contributed by atoms with Crippen LogP contribution in [0.5, 0.6) is 0 Å². The van der Waals surface area contributed by atoms with Crippen molar-refractivity contribution < 1.29 is 14.7 Å². The van der Waals surface area contributed by atoms with Crippen LogP contribution in [0.25, 0.3) is 22.6 Å². The zero-order valence-corrected chi connectivity index (χ0v) is 35.1. The van der Waals surface area contributed by atoms with Crippen LogP contribution >= 0.6 is 35.3 Å². The SMILES string of the molecule is CCCCCCCCN1C(=O)/C(=c2\s/c(=C\c3ccc4c(c3)C3CCCC3N4c3ccc(C=C(c4ccccc4)c4ccccc4)cc3)c(=O)n2CC(=O)O)SC1=S. The molecule has 58 heavy (non-hydrogen) atoms. The number of amides is 1. The Morgan fingerprint density at radius 1 is 0.845 bits per heavy atom. The molecule has 4 aromatic carbocycles. The van der Waals surface area contributed by atoms with Gasteiger partial charge < -0.3 is 10.0 Å². The third-order valence-electron chi connectivity index (χ3n) is 11.5. The Hall–Kier alpha value is -5.03. The van der Waals surface area contributed by atoms with Crippen molar-refractivity contribution in [3.05, 3.63) is 150 Å². The molecule has 10 heteroatoms. The molecule has 2 fully saturated rings. The monoisotopic (exact) mass is 825 g/mol. The zero-order valence-electron chi connectivity index (χ0n) is 32.6. The van der Waals surface area contributed by atoms with Gasteiger partial charge in [-0.15, -0.1) is 11.3 Å². The molecular weight excluding hydrogens is 779 g/mol. The van der Waals surface area contributed by atoms with Crippen LogP contribution in [0, 0.1) is 0 Å². The van der Waals surface area contributed by atoms with Gasteiger partial charge in [-0.3, -0.25) is 23.9 Å². The third-order valence-corrected chi connectivity index (χ3v) is 14.1. The Bertz CT molecular complexity index is 2500. The number of fused-ring (bicyclic) bond motifs is 3. The highest BCUT2D eigenvalue weighted by Crippen LogP contribution is 2.52. The number of aliphatic carboxylic acids is 1. The topological polar surface area (TPSA) is 82.9 Å². The summed E-state index contributed by atoms with van der Waals surface area (Å²) in [6, 6.07) is 36.6. The Kier molecular flexibility index (Phi) is 12.2. The maximum Gasteiger partial charge on any atom is 0.323 e. The first-order valence-corrected chi connectivity index (χ1v) is 22.4. The number of rotatable bonds is 14. The van der Waals surface area contributed by atoms with Gasteiger partial charge in [0.25, 0.3) is 11.5 Å². The molecule has 296 valence electrons. The first kappa shape index (κ1) is 39.8. The number of unbranched alkanes of at least 4 members (excludes halogenated alkanes) is 5. The van der Waals surface area contributed by atoms with Gasteiger partial charge >= 0.3 is 5.97 Å². The highest BCUT2D eigenvalue weighted by Gasteiger charge is 2.42. The molecule has 1 amide bonds. The van der Waals surface area contributed by atoms with Gasteiger partial charge in [0.15, 0.2) is 0 Å². The standard InChI is InChI=1S/C48H47N3O4S3/c1-2-3-4-5-6-13-27-49-46(55)44(58-48(49)56)47-50(31-43(52)53)45(54)42(57-47)30-33-23-26-41-39(29-33)37-19-14-20-40(37)51(41)36-24-21-32(22-25-36)28-38(34-15-9-7-10-16-34)35-17-11-8-12-18-35/h7-12,15-18,21-26,28-30,37,40H,2-6,13-14,19-20,27,31H2,1H3,(H,52,53)/b42-30-,47-44+. The minimum absolute atomic E-state index is 0.253. The number of thiazole rings is 1. The van der Waals surface area contributed by atoms with Gasteiger partial charge in [0.05, 0.1) is 4.53 Å². The molecule has 1 saturated carbocycles. The van der Waals surface area contributed by atoms with Crippen molar-refractivity contribution in [2.24, 2.45) is 0 Å². The van der Waals surface area contributed by atoms with Crippen molar-refractivity contribution in [1.29, 1.82) is 0 Å². The summed E-state index contributed by atoms with van der Waals surface area (Å²) >= 11 is 7.94. The predicted octanol–water partition coefficient (Wildman–Crippen LogP) is 9.53. The third kappa shape index (κ3) is 8.28. The van der Waals surface area contributed by atoms with Crippen molar-refractivity contribution in [2.45, 2.75) is 83.2 Å². The van der Waals surface area contributed by atoms with E-state index in [0.717, 1.165) is 67.1 Å². The van der Waals surface area contributed by atoms with E-state index in [-0.39, 0.29) is 5.91 Å². The number of carbonyl (C=O) groups excluding carboxylic acids is 1. The second kappa shape index (κ2) is 17.9. The fourth-order valence-electron chi connectivity index (χ4n) is 8.66. The van der Waals surface area contributed by atoms with Gasteiger partial charge in [0.2, 0.25) is 0 Å². The van der Waals surface area contributed by atoms with Crippen molar-refractivity contribution >= 4 is 85.5 Å². The molecule has 1 aliphatic carbocycles. The summed E-state index contributed by atoms with van der Waals surface area (Å²) in [4.78, 5) is 43.9. The summed E-state index contributed by atoms with van der Waals surface area (Å²) in [7, 11) is 0. The number of carbonyl (C=O) groups is 2. The van der Waals surface area contributed by atoms with Crippen molar-refractivity contribution in [2.75, 3.05) is 11.4 Å². The van der Waals surface area contributed by atoms with E-state index in [4.69, 9.17) is 12.2 Å². The van der Waals surface area contributed by atoms with E-state index in [1.807, 2.05) is 24.3 Å². The van der Waals surface area contributed by atoms with Crippen LogP contribution in [0.4, 0.5) is 11.4 Å². The molecule has 2 unspecified atom stereocenters. The van der Waals surface area contributed by atoms with E-state index >= 15 is 0 Å². The minimum atomic E-state index is -1.14. The van der Waals surface area contributed by atoms with Crippen LogP contribution in [0.2, 0.25) is 0 Å². The Balaban J connectivity index is 1.09. The number of benzene rings is 4. The Morgan fingerprint density at radius 2 is 1.52 bits per heavy atom. The first-order valence-electron chi connectivity index (χ1n) is 20.4. The van der Waals surface area contributed by atoms with Crippen LogP contribution in [0.15, 0.2) is 108 Å². The van der Waals surface area contributed by atoms with Gasteiger partial charge in [0.1, 0.15) is 20.4 Å². The van der Waals surface area contributed by atoms with Gasteiger partial charge in [-0.1, -0.05) is 148 Å². The van der Waals surface area contributed by atoms with Gasteiger partial charge in [0, 0.05) is 29.9 Å². The average molecular weight is 826 g/mol. The maximum absolute atomic E-state index is 13.8. The van der Waals surface area contributed by atoms with E-state index in [2.05, 4.69) is 103 Å². The van der Waals surface area contributed by atoms with Crippen LogP contribution in [0.3, 0.4) is 0 Å². The summed E-state index contributed by atoms with van der Waals surface area (Å²) in [5.74, 6) is -1.02. The second-order valence-electron chi connectivity index (χ2n) is 15.3. The molecule has 0 radical (unpaired) electrons. The quantitative estimate of drug-likeness (QED) is 0.0679. The Morgan fingerprint density at radius 3 is 2.21 bits per heavy atom. The number of hydrogen-bond donors (Lipinski definition) is 1. The lowest BCUT2D eigenvalue weighted by Crippen LogP contribution is -2.35. The number of thioether (sulfide) groups is 1. The van der Waals surface area contributed by atoms with E-state index in [1.54, 1.807) is 4.90 Å². The molecule has 7 nitrogen and oxygen atoms in total. The molecule has 2 aliphatic heterocycles. The van der Waals surface area contributed by atoms with E-state index in [9.17, 15) is 19.5 Å². The van der Waals surface area contributed by atoms with Crippen LogP contribution in [-0.4, -0.2) is 43.4 Å². The highest BCUT2D eigenvalue weighted by molar-refractivity contribution is 8.30. The summed E-state index contributed by atoms with van der Waals surface area (Å²) in [5, 5.41) is 9.78. The number of anilines is 2. The van der Waals surface area contributed by atoms with Gasteiger partial charge in [-0.25, -0.2) is 0 Å². The molecule has 0 bridgehead atoms. The number of aromatic nitrogens is 1. The normalized spacial score (nSPS) is 18.5. The van der Waals surface area contributed by atoms with Crippen LogP contribution in [-0.2, 0) is 16.1 Å².